The highest BCUT2D eigenvalue weighted by Gasteiger charge is 2.33. The number of aryl methyl sites for hydroxylation is 1. The van der Waals surface area contributed by atoms with Crippen LogP contribution in [-0.4, -0.2) is 80.8 Å². The first-order valence-corrected chi connectivity index (χ1v) is 11.6. The average molecular weight is 471 g/mol. The minimum absolute atomic E-state index is 0.0187. The SMILES string of the molecule is Cc1ccc(Cl)cc1N1CCN(C(=O)CN2CCN(c3ccc4c(c3)OCCO4)C2=O)CC1. The molecule has 0 unspecified atom stereocenters. The van der Waals surface area contributed by atoms with E-state index in [-0.39, 0.29) is 18.5 Å². The van der Waals surface area contributed by atoms with Crippen LogP contribution in [-0.2, 0) is 4.79 Å². The lowest BCUT2D eigenvalue weighted by Crippen LogP contribution is -2.51. The average Bonchev–Trinajstić information content (AvgIpc) is 3.20. The highest BCUT2D eigenvalue weighted by atomic mass is 35.5. The number of benzene rings is 2. The van der Waals surface area contributed by atoms with Crippen LogP contribution >= 0.6 is 11.6 Å². The lowest BCUT2D eigenvalue weighted by Gasteiger charge is -2.37. The number of urea groups is 1. The van der Waals surface area contributed by atoms with Gasteiger partial charge in [-0.05, 0) is 36.8 Å². The molecule has 0 aromatic heterocycles. The summed E-state index contributed by atoms with van der Waals surface area (Å²) in [6.45, 7) is 6.96. The van der Waals surface area contributed by atoms with Gasteiger partial charge in [-0.1, -0.05) is 17.7 Å². The van der Waals surface area contributed by atoms with Crippen LogP contribution in [0.5, 0.6) is 11.5 Å². The van der Waals surface area contributed by atoms with Gasteiger partial charge in [0.05, 0.1) is 0 Å². The molecule has 8 nitrogen and oxygen atoms in total. The van der Waals surface area contributed by atoms with Gasteiger partial charge in [0.2, 0.25) is 5.91 Å². The van der Waals surface area contributed by atoms with E-state index in [1.807, 2.05) is 41.3 Å². The first kappa shape index (κ1) is 21.7. The highest BCUT2D eigenvalue weighted by molar-refractivity contribution is 6.30. The Kier molecular flexibility index (Phi) is 5.93. The van der Waals surface area contributed by atoms with Gasteiger partial charge >= 0.3 is 6.03 Å². The van der Waals surface area contributed by atoms with Crippen molar-refractivity contribution in [3.63, 3.8) is 0 Å². The van der Waals surface area contributed by atoms with Gasteiger partial charge in [0.15, 0.2) is 11.5 Å². The Labute approximate surface area is 198 Å². The van der Waals surface area contributed by atoms with Crippen LogP contribution in [0, 0.1) is 6.92 Å². The van der Waals surface area contributed by atoms with E-state index in [4.69, 9.17) is 21.1 Å². The van der Waals surface area contributed by atoms with Gasteiger partial charge in [-0.25, -0.2) is 4.79 Å². The third-order valence-corrected chi connectivity index (χ3v) is 6.64. The second-order valence-corrected chi connectivity index (χ2v) is 8.92. The van der Waals surface area contributed by atoms with Crippen molar-refractivity contribution in [2.45, 2.75) is 6.92 Å². The summed E-state index contributed by atoms with van der Waals surface area (Å²) < 4.78 is 11.2. The maximum Gasteiger partial charge on any atom is 0.325 e. The minimum Gasteiger partial charge on any atom is -0.486 e. The van der Waals surface area contributed by atoms with Crippen LogP contribution in [0.1, 0.15) is 5.56 Å². The number of amides is 3. The molecule has 0 radical (unpaired) electrons. The van der Waals surface area contributed by atoms with Crippen molar-refractivity contribution >= 4 is 34.9 Å². The predicted octanol–water partition coefficient (Wildman–Crippen LogP) is 3.01. The number of carbonyl (C=O) groups excluding carboxylic acids is 2. The van der Waals surface area contributed by atoms with E-state index in [1.165, 1.54) is 5.56 Å². The Balaban J connectivity index is 1.17. The summed E-state index contributed by atoms with van der Waals surface area (Å²) in [5.41, 5.74) is 3.03. The third kappa shape index (κ3) is 4.39. The molecule has 9 heteroatoms. The van der Waals surface area contributed by atoms with Gasteiger partial charge in [0, 0.05) is 61.7 Å². The minimum atomic E-state index is -0.159. The monoisotopic (exact) mass is 470 g/mol. The number of rotatable bonds is 4. The maximum atomic E-state index is 13.0. The van der Waals surface area contributed by atoms with Gasteiger partial charge in [-0.3, -0.25) is 9.69 Å². The first-order valence-electron chi connectivity index (χ1n) is 11.2. The van der Waals surface area contributed by atoms with E-state index < -0.39 is 0 Å². The number of piperazine rings is 1. The zero-order valence-electron chi connectivity index (χ0n) is 18.6. The van der Waals surface area contributed by atoms with Gasteiger partial charge in [-0.2, -0.15) is 0 Å². The van der Waals surface area contributed by atoms with Crippen LogP contribution < -0.4 is 19.3 Å². The topological polar surface area (TPSA) is 65.6 Å². The number of halogens is 1. The number of hydrogen-bond acceptors (Lipinski definition) is 5. The fraction of sp³-hybridized carbons (Fsp3) is 0.417. The van der Waals surface area contributed by atoms with Crippen LogP contribution in [0.3, 0.4) is 0 Å². The molecule has 0 N–H and O–H groups in total. The number of nitrogens with zero attached hydrogens (tertiary/aromatic N) is 4. The van der Waals surface area contributed by atoms with E-state index in [1.54, 1.807) is 9.80 Å². The number of fused-ring (bicyclic) bond motifs is 1. The molecule has 5 rings (SSSR count). The molecule has 3 aliphatic heterocycles. The molecule has 2 aromatic rings. The second-order valence-electron chi connectivity index (χ2n) is 8.48. The van der Waals surface area contributed by atoms with Crippen molar-refractivity contribution in [2.24, 2.45) is 0 Å². The van der Waals surface area contributed by atoms with Crippen LogP contribution in [0.2, 0.25) is 5.02 Å². The van der Waals surface area contributed by atoms with E-state index >= 15 is 0 Å². The van der Waals surface area contributed by atoms with Crippen molar-refractivity contribution in [2.75, 3.05) is 68.8 Å². The summed E-state index contributed by atoms with van der Waals surface area (Å²) in [5, 5.41) is 0.712. The summed E-state index contributed by atoms with van der Waals surface area (Å²) in [6.07, 6.45) is 0. The summed E-state index contributed by atoms with van der Waals surface area (Å²) in [5.74, 6) is 1.32. The molecule has 0 aliphatic carbocycles. The standard InChI is InChI=1S/C24H27ClN4O4/c1-17-2-3-18(25)14-20(17)26-6-8-27(9-7-26)23(30)16-28-10-11-29(24(28)31)19-4-5-21-22(15-19)33-13-12-32-21/h2-5,14-15H,6-13,16H2,1H3. The van der Waals surface area contributed by atoms with E-state index in [2.05, 4.69) is 11.8 Å². The Bertz CT molecular complexity index is 1070. The molecular formula is C24H27ClN4O4. The lowest BCUT2D eigenvalue weighted by atomic mass is 10.1. The van der Waals surface area contributed by atoms with E-state index in [0.717, 1.165) is 24.5 Å². The molecule has 0 saturated carbocycles. The van der Waals surface area contributed by atoms with Crippen molar-refractivity contribution in [3.8, 4) is 11.5 Å². The molecule has 3 amide bonds. The summed E-state index contributed by atoms with van der Waals surface area (Å²) in [6, 6.07) is 11.2. The highest BCUT2D eigenvalue weighted by Crippen LogP contribution is 2.35. The van der Waals surface area contributed by atoms with E-state index in [9.17, 15) is 9.59 Å². The molecule has 2 aromatic carbocycles. The normalized spacial score (nSPS) is 18.2. The van der Waals surface area contributed by atoms with E-state index in [0.29, 0.717) is 55.9 Å². The predicted molar refractivity (Wildman–Crippen MR) is 127 cm³/mol. The van der Waals surface area contributed by atoms with Gasteiger partial charge in [0.25, 0.3) is 0 Å². The molecule has 3 heterocycles. The molecule has 174 valence electrons. The Morgan fingerprint density at radius 3 is 2.48 bits per heavy atom. The Morgan fingerprint density at radius 1 is 0.939 bits per heavy atom. The molecule has 2 fully saturated rings. The van der Waals surface area contributed by atoms with Crippen LogP contribution in [0.25, 0.3) is 0 Å². The molecular weight excluding hydrogens is 444 g/mol. The number of ether oxygens (including phenoxy) is 2. The van der Waals surface area contributed by atoms with Crippen molar-refractivity contribution < 1.29 is 19.1 Å². The Hall–Kier alpha value is -3.13. The van der Waals surface area contributed by atoms with Gasteiger partial charge < -0.3 is 24.2 Å². The lowest BCUT2D eigenvalue weighted by molar-refractivity contribution is -0.131. The third-order valence-electron chi connectivity index (χ3n) is 6.40. The largest absolute Gasteiger partial charge is 0.486 e. The zero-order valence-corrected chi connectivity index (χ0v) is 19.4. The molecule has 2 saturated heterocycles. The molecule has 0 bridgehead atoms. The Morgan fingerprint density at radius 2 is 1.70 bits per heavy atom. The maximum absolute atomic E-state index is 13.0. The van der Waals surface area contributed by atoms with Crippen molar-refractivity contribution in [1.29, 1.82) is 0 Å². The summed E-state index contributed by atoms with van der Waals surface area (Å²) in [7, 11) is 0. The number of carbonyl (C=O) groups is 2. The van der Waals surface area contributed by atoms with Gasteiger partial charge in [0.1, 0.15) is 19.8 Å². The fourth-order valence-corrected chi connectivity index (χ4v) is 4.72. The second kappa shape index (κ2) is 9.02. The van der Waals surface area contributed by atoms with Crippen molar-refractivity contribution in [1.82, 2.24) is 9.80 Å². The number of anilines is 2. The zero-order chi connectivity index (χ0) is 22.9. The van der Waals surface area contributed by atoms with Crippen LogP contribution in [0.4, 0.5) is 16.2 Å². The molecule has 33 heavy (non-hydrogen) atoms. The summed E-state index contributed by atoms with van der Waals surface area (Å²) in [4.78, 5) is 33.3. The molecule has 0 spiro atoms. The first-order chi connectivity index (χ1) is 16.0. The number of hydrogen-bond donors (Lipinski definition) is 0. The van der Waals surface area contributed by atoms with Crippen molar-refractivity contribution in [3.05, 3.63) is 47.0 Å². The smallest absolute Gasteiger partial charge is 0.325 e. The quantitative estimate of drug-likeness (QED) is 0.687. The van der Waals surface area contributed by atoms with Gasteiger partial charge in [-0.15, -0.1) is 0 Å². The fourth-order valence-electron chi connectivity index (χ4n) is 4.55. The summed E-state index contributed by atoms with van der Waals surface area (Å²) >= 11 is 6.17. The molecule has 3 aliphatic rings. The van der Waals surface area contributed by atoms with Crippen LogP contribution in [0.15, 0.2) is 36.4 Å². The molecule has 0 atom stereocenters.